The van der Waals surface area contributed by atoms with Gasteiger partial charge in [-0.2, -0.15) is 0 Å². The van der Waals surface area contributed by atoms with Crippen molar-refractivity contribution in [1.29, 1.82) is 0 Å². The molecule has 0 aliphatic rings. The normalized spacial score (nSPS) is 11.3. The van der Waals surface area contributed by atoms with Crippen molar-refractivity contribution in [3.63, 3.8) is 0 Å². The third kappa shape index (κ3) is 5.31. The highest BCUT2D eigenvalue weighted by molar-refractivity contribution is 7.89. The molecule has 0 aliphatic carbocycles. The average Bonchev–Trinajstić information content (AvgIpc) is 2.47. The van der Waals surface area contributed by atoms with E-state index in [0.29, 0.717) is 10.8 Å². The van der Waals surface area contributed by atoms with Crippen molar-refractivity contribution in [2.75, 3.05) is 10.6 Å². The molecule has 0 heterocycles. The van der Waals surface area contributed by atoms with Gasteiger partial charge in [-0.3, -0.25) is 0 Å². The van der Waals surface area contributed by atoms with Crippen molar-refractivity contribution in [2.45, 2.75) is 24.8 Å². The molecule has 0 radical (unpaired) electrons. The smallest absolute Gasteiger partial charge is 0.240 e. The second-order valence-electron chi connectivity index (χ2n) is 5.25. The van der Waals surface area contributed by atoms with E-state index in [-0.39, 0.29) is 10.9 Å². The van der Waals surface area contributed by atoms with Gasteiger partial charge >= 0.3 is 0 Å². The van der Waals surface area contributed by atoms with Gasteiger partial charge in [-0.1, -0.05) is 18.2 Å². The minimum atomic E-state index is -3.48. The van der Waals surface area contributed by atoms with E-state index >= 15 is 0 Å². The van der Waals surface area contributed by atoms with Crippen molar-refractivity contribution in [2.24, 2.45) is 0 Å². The Morgan fingerprint density at radius 2 is 1.43 bits per heavy atom. The Kier molecular flexibility index (Phi) is 5.70. The third-order valence-electron chi connectivity index (χ3n) is 2.84. The first-order chi connectivity index (χ1) is 10.9. The number of hydrogen-bond donors (Lipinski definition) is 3. The number of sulfonamides is 1. The molecule has 3 N–H and O–H groups in total. The number of hydrogen-bond acceptors (Lipinski definition) is 3. The van der Waals surface area contributed by atoms with Gasteiger partial charge in [-0.25, -0.2) is 13.1 Å². The van der Waals surface area contributed by atoms with Crippen molar-refractivity contribution in [3.8, 4) is 0 Å². The number of rotatable bonds is 5. The van der Waals surface area contributed by atoms with Crippen molar-refractivity contribution >= 4 is 38.7 Å². The summed E-state index contributed by atoms with van der Waals surface area (Å²) in [5.41, 5.74) is 1.59. The topological polar surface area (TPSA) is 70.2 Å². The molecule has 0 unspecified atom stereocenters. The molecule has 5 nitrogen and oxygen atoms in total. The summed E-state index contributed by atoms with van der Waals surface area (Å²) in [6.45, 7) is 3.56. The second kappa shape index (κ2) is 7.54. The molecule has 0 spiro atoms. The van der Waals surface area contributed by atoms with Gasteiger partial charge in [0.2, 0.25) is 10.0 Å². The Morgan fingerprint density at radius 3 is 1.96 bits per heavy atom. The standard InChI is InChI=1S/C16H19N3O2S2/c1-12(2)19-23(20,21)15-10-8-14(9-11-15)18-16(22)17-13-6-4-3-5-7-13/h3-12,19H,1-2H3,(H2,17,18,22). The highest BCUT2D eigenvalue weighted by atomic mass is 32.2. The fourth-order valence-electron chi connectivity index (χ4n) is 1.91. The van der Waals surface area contributed by atoms with Crippen LogP contribution in [-0.4, -0.2) is 19.6 Å². The monoisotopic (exact) mass is 349 g/mol. The van der Waals surface area contributed by atoms with E-state index in [4.69, 9.17) is 12.2 Å². The largest absolute Gasteiger partial charge is 0.332 e. The number of para-hydroxylation sites is 1. The van der Waals surface area contributed by atoms with E-state index in [1.807, 2.05) is 30.3 Å². The molecular weight excluding hydrogens is 330 g/mol. The van der Waals surface area contributed by atoms with Gasteiger partial charge in [-0.15, -0.1) is 0 Å². The van der Waals surface area contributed by atoms with Gasteiger partial charge in [-0.05, 0) is 62.5 Å². The summed E-state index contributed by atoms with van der Waals surface area (Å²) in [6, 6.07) is 15.8. The third-order valence-corrected chi connectivity index (χ3v) is 4.72. The Hall–Kier alpha value is -1.96. The molecule has 0 fully saturated rings. The van der Waals surface area contributed by atoms with Crippen LogP contribution < -0.4 is 15.4 Å². The molecule has 0 aromatic heterocycles. The molecular formula is C16H19N3O2S2. The fraction of sp³-hybridized carbons (Fsp3) is 0.188. The quantitative estimate of drug-likeness (QED) is 0.723. The minimum absolute atomic E-state index is 0.152. The van der Waals surface area contributed by atoms with Gasteiger partial charge in [0.25, 0.3) is 0 Å². The van der Waals surface area contributed by atoms with Crippen molar-refractivity contribution in [3.05, 3.63) is 54.6 Å². The SMILES string of the molecule is CC(C)NS(=O)(=O)c1ccc(NC(=S)Nc2ccccc2)cc1. The van der Waals surface area contributed by atoms with Gasteiger partial charge in [0, 0.05) is 17.4 Å². The molecule has 0 amide bonds. The lowest BCUT2D eigenvalue weighted by molar-refractivity contribution is 0.570. The molecule has 122 valence electrons. The van der Waals surface area contributed by atoms with Crippen LogP contribution in [0.2, 0.25) is 0 Å². The van der Waals surface area contributed by atoms with E-state index in [1.165, 1.54) is 12.1 Å². The molecule has 0 saturated carbocycles. The zero-order valence-electron chi connectivity index (χ0n) is 12.9. The molecule has 23 heavy (non-hydrogen) atoms. The predicted molar refractivity (Wildman–Crippen MR) is 98.2 cm³/mol. The van der Waals surface area contributed by atoms with Crippen LogP contribution in [0.5, 0.6) is 0 Å². The van der Waals surface area contributed by atoms with Crippen LogP contribution in [0.1, 0.15) is 13.8 Å². The summed E-state index contributed by atoms with van der Waals surface area (Å²) in [7, 11) is -3.48. The maximum absolute atomic E-state index is 12.0. The minimum Gasteiger partial charge on any atom is -0.332 e. The zero-order chi connectivity index (χ0) is 16.9. The molecule has 2 rings (SSSR count). The highest BCUT2D eigenvalue weighted by Crippen LogP contribution is 2.15. The van der Waals surface area contributed by atoms with Gasteiger partial charge in [0.05, 0.1) is 4.90 Å². The van der Waals surface area contributed by atoms with Crippen LogP contribution in [-0.2, 0) is 10.0 Å². The van der Waals surface area contributed by atoms with Gasteiger partial charge < -0.3 is 10.6 Å². The number of nitrogens with one attached hydrogen (secondary N) is 3. The summed E-state index contributed by atoms with van der Waals surface area (Å²) < 4.78 is 26.6. The number of thiocarbonyl (C=S) groups is 1. The molecule has 2 aromatic carbocycles. The first-order valence-corrected chi connectivity index (χ1v) is 9.01. The van der Waals surface area contributed by atoms with Gasteiger partial charge in [0.1, 0.15) is 0 Å². The maximum Gasteiger partial charge on any atom is 0.240 e. The van der Waals surface area contributed by atoms with E-state index in [0.717, 1.165) is 5.69 Å². The second-order valence-corrected chi connectivity index (χ2v) is 7.37. The number of anilines is 2. The Morgan fingerprint density at radius 1 is 0.913 bits per heavy atom. The number of benzene rings is 2. The van der Waals surface area contributed by atoms with Crippen LogP contribution in [0.3, 0.4) is 0 Å². The average molecular weight is 349 g/mol. The molecule has 0 bridgehead atoms. The molecule has 0 atom stereocenters. The zero-order valence-corrected chi connectivity index (χ0v) is 14.5. The summed E-state index contributed by atoms with van der Waals surface area (Å²) in [4.78, 5) is 0.221. The highest BCUT2D eigenvalue weighted by Gasteiger charge is 2.14. The fourth-order valence-corrected chi connectivity index (χ4v) is 3.40. The van der Waals surface area contributed by atoms with E-state index < -0.39 is 10.0 Å². The maximum atomic E-state index is 12.0. The first-order valence-electron chi connectivity index (χ1n) is 7.12. The first kappa shape index (κ1) is 17.4. The lowest BCUT2D eigenvalue weighted by atomic mass is 10.3. The van der Waals surface area contributed by atoms with Crippen LogP contribution in [0.15, 0.2) is 59.5 Å². The van der Waals surface area contributed by atoms with Crippen LogP contribution in [0.4, 0.5) is 11.4 Å². The van der Waals surface area contributed by atoms with Crippen molar-refractivity contribution in [1.82, 2.24) is 4.72 Å². The van der Waals surface area contributed by atoms with E-state index in [2.05, 4.69) is 15.4 Å². The summed E-state index contributed by atoms with van der Waals surface area (Å²) >= 11 is 5.23. The lowest BCUT2D eigenvalue weighted by Crippen LogP contribution is -2.30. The molecule has 0 aliphatic heterocycles. The van der Waals surface area contributed by atoms with Crippen LogP contribution in [0.25, 0.3) is 0 Å². The summed E-state index contributed by atoms with van der Waals surface area (Å²) in [5.74, 6) is 0. The molecule has 2 aromatic rings. The van der Waals surface area contributed by atoms with Crippen LogP contribution in [0, 0.1) is 0 Å². The Labute approximate surface area is 142 Å². The van der Waals surface area contributed by atoms with Crippen molar-refractivity contribution < 1.29 is 8.42 Å². The Bertz CT molecular complexity index is 758. The van der Waals surface area contributed by atoms with Crippen LogP contribution >= 0.6 is 12.2 Å². The summed E-state index contributed by atoms with van der Waals surface area (Å²) in [5, 5.41) is 6.50. The summed E-state index contributed by atoms with van der Waals surface area (Å²) in [6.07, 6.45) is 0. The Balaban J connectivity index is 2.01. The predicted octanol–water partition coefficient (Wildman–Crippen LogP) is 3.18. The van der Waals surface area contributed by atoms with E-state index in [9.17, 15) is 8.42 Å². The van der Waals surface area contributed by atoms with E-state index in [1.54, 1.807) is 26.0 Å². The van der Waals surface area contributed by atoms with Gasteiger partial charge in [0.15, 0.2) is 5.11 Å². The molecule has 0 saturated heterocycles. The molecule has 7 heteroatoms. The lowest BCUT2D eigenvalue weighted by Gasteiger charge is -2.12.